The SMILES string of the molecule is CC1(c2ccccc2)c2ccccc2-c2ccc(-c3ccc(N(c4ccccc4-c4ccc5c(c4)oc4ccccc45)c4ccccc4C4C=CC=C5C=CC=C(c6ccccc6)C54C)cc3)cc21. The Balaban J connectivity index is 0.972. The van der Waals surface area contributed by atoms with Gasteiger partial charge in [0.15, 0.2) is 0 Å². The molecule has 3 atom stereocenters. The predicted molar refractivity (Wildman–Crippen MR) is 288 cm³/mol. The van der Waals surface area contributed by atoms with E-state index in [1.165, 1.54) is 61.2 Å². The molecule has 0 aliphatic heterocycles. The third kappa shape index (κ3) is 6.40. The Morgan fingerprint density at radius 3 is 1.94 bits per heavy atom. The molecular formula is C67H49NO. The molecule has 0 fully saturated rings. The number of anilines is 3. The van der Waals surface area contributed by atoms with E-state index < -0.39 is 0 Å². The standard InChI is InChI=1S/C67H49NO/c1-66-50(23-17-30-58(66)46-19-5-3-6-20-46)24-18-31-60(66)57-28-11-15-33-63(57)68(62-32-14-10-25-52(62)48-38-42-56-55-27-12-16-34-64(55)69-65(56)44-48)51-39-35-45(36-40-51)47-37-41-54-53-26-9-13-29-59(53)67(2,61(54)43-47)49-21-7-4-8-22-49/h3-44,60H,1-2H3. The van der Waals surface area contributed by atoms with Gasteiger partial charge in [-0.25, -0.2) is 0 Å². The zero-order valence-electron chi connectivity index (χ0n) is 38.7. The van der Waals surface area contributed by atoms with Gasteiger partial charge in [0.05, 0.1) is 5.69 Å². The summed E-state index contributed by atoms with van der Waals surface area (Å²) in [5.41, 5.74) is 20.8. The fourth-order valence-corrected chi connectivity index (χ4v) is 11.9. The van der Waals surface area contributed by atoms with E-state index in [0.717, 1.165) is 50.1 Å². The van der Waals surface area contributed by atoms with Crippen molar-refractivity contribution in [3.05, 3.63) is 288 Å². The van der Waals surface area contributed by atoms with Crippen molar-refractivity contribution in [3.63, 3.8) is 0 Å². The van der Waals surface area contributed by atoms with Gasteiger partial charge in [-0.1, -0.05) is 213 Å². The van der Waals surface area contributed by atoms with Crippen molar-refractivity contribution in [1.29, 1.82) is 0 Å². The van der Waals surface area contributed by atoms with E-state index in [2.05, 4.69) is 268 Å². The Hall–Kier alpha value is -8.46. The van der Waals surface area contributed by atoms with Crippen molar-refractivity contribution in [1.82, 2.24) is 0 Å². The summed E-state index contributed by atoms with van der Waals surface area (Å²) in [5, 5.41) is 2.25. The highest BCUT2D eigenvalue weighted by atomic mass is 16.3. The lowest BCUT2D eigenvalue weighted by Crippen LogP contribution is -2.32. The number of hydrogen-bond donors (Lipinski definition) is 0. The van der Waals surface area contributed by atoms with Crippen LogP contribution in [-0.2, 0) is 5.41 Å². The first-order valence-electron chi connectivity index (χ1n) is 24.1. The first kappa shape index (κ1) is 40.8. The van der Waals surface area contributed by atoms with Gasteiger partial charge >= 0.3 is 0 Å². The van der Waals surface area contributed by atoms with Gasteiger partial charge in [-0.3, -0.25) is 0 Å². The number of benzene rings is 9. The highest BCUT2D eigenvalue weighted by molar-refractivity contribution is 6.06. The summed E-state index contributed by atoms with van der Waals surface area (Å²) >= 11 is 0. The van der Waals surface area contributed by atoms with Crippen LogP contribution in [0.25, 0.3) is 60.9 Å². The second kappa shape index (κ2) is 16.1. The smallest absolute Gasteiger partial charge is 0.136 e. The lowest BCUT2D eigenvalue weighted by molar-refractivity contribution is 0.478. The lowest BCUT2D eigenvalue weighted by Gasteiger charge is -2.44. The Labute approximate surface area is 404 Å². The van der Waals surface area contributed by atoms with Crippen LogP contribution in [0.2, 0.25) is 0 Å². The minimum Gasteiger partial charge on any atom is -0.456 e. The van der Waals surface area contributed by atoms with Crippen molar-refractivity contribution in [3.8, 4) is 33.4 Å². The summed E-state index contributed by atoms with van der Waals surface area (Å²) in [4.78, 5) is 2.49. The highest BCUT2D eigenvalue weighted by Gasteiger charge is 2.44. The average molecular weight is 884 g/mol. The molecule has 9 aromatic carbocycles. The summed E-state index contributed by atoms with van der Waals surface area (Å²) in [6, 6.07) is 80.0. The lowest BCUT2D eigenvalue weighted by atomic mass is 9.59. The van der Waals surface area contributed by atoms with Crippen molar-refractivity contribution in [2.24, 2.45) is 5.41 Å². The second-order valence-corrected chi connectivity index (χ2v) is 19.1. The fourth-order valence-electron chi connectivity index (χ4n) is 11.9. The second-order valence-electron chi connectivity index (χ2n) is 19.1. The van der Waals surface area contributed by atoms with Crippen LogP contribution in [0.1, 0.15) is 47.6 Å². The van der Waals surface area contributed by atoms with E-state index >= 15 is 0 Å². The summed E-state index contributed by atoms with van der Waals surface area (Å²) < 4.78 is 6.49. The monoisotopic (exact) mass is 883 g/mol. The number of hydrogen-bond acceptors (Lipinski definition) is 2. The van der Waals surface area contributed by atoms with E-state index in [1.54, 1.807) is 0 Å². The van der Waals surface area contributed by atoms with Crippen molar-refractivity contribution >= 4 is 44.6 Å². The topological polar surface area (TPSA) is 16.4 Å². The van der Waals surface area contributed by atoms with Crippen LogP contribution in [0.4, 0.5) is 17.1 Å². The quantitative estimate of drug-likeness (QED) is 0.151. The normalized spacial score (nSPS) is 18.9. The zero-order valence-corrected chi connectivity index (χ0v) is 38.7. The molecular weight excluding hydrogens is 835 g/mol. The molecule has 1 heterocycles. The number of fused-ring (bicyclic) bond motifs is 7. The third-order valence-electron chi connectivity index (χ3n) is 15.5. The van der Waals surface area contributed by atoms with Gasteiger partial charge in [-0.05, 0) is 122 Å². The van der Waals surface area contributed by atoms with E-state index in [9.17, 15) is 0 Å². The summed E-state index contributed by atoms with van der Waals surface area (Å²) in [6.45, 7) is 4.82. The first-order chi connectivity index (χ1) is 34.0. The van der Waals surface area contributed by atoms with E-state index in [4.69, 9.17) is 4.42 Å². The summed E-state index contributed by atoms with van der Waals surface area (Å²) in [6.07, 6.45) is 13.8. The summed E-state index contributed by atoms with van der Waals surface area (Å²) in [5.74, 6) is 0.0281. The molecule has 328 valence electrons. The molecule has 0 radical (unpaired) electrons. The molecule has 2 nitrogen and oxygen atoms in total. The third-order valence-corrected chi connectivity index (χ3v) is 15.5. The van der Waals surface area contributed by atoms with Crippen LogP contribution >= 0.6 is 0 Å². The molecule has 3 aliphatic rings. The Bertz CT molecular complexity index is 3760. The van der Waals surface area contributed by atoms with Gasteiger partial charge < -0.3 is 9.32 Å². The molecule has 1 aromatic heterocycles. The van der Waals surface area contributed by atoms with Crippen LogP contribution in [0.15, 0.2) is 265 Å². The van der Waals surface area contributed by atoms with Gasteiger partial charge in [-0.15, -0.1) is 0 Å². The Morgan fingerprint density at radius 2 is 1.10 bits per heavy atom. The Kier molecular flexibility index (Phi) is 9.52. The number of allylic oxidation sites excluding steroid dienone is 8. The van der Waals surface area contributed by atoms with Gasteiger partial charge in [0.25, 0.3) is 0 Å². The van der Waals surface area contributed by atoms with Crippen molar-refractivity contribution < 1.29 is 4.42 Å². The molecule has 0 spiro atoms. The maximum Gasteiger partial charge on any atom is 0.136 e. The van der Waals surface area contributed by atoms with Crippen LogP contribution < -0.4 is 4.90 Å². The zero-order chi connectivity index (χ0) is 46.1. The van der Waals surface area contributed by atoms with Gasteiger partial charge in [-0.2, -0.15) is 0 Å². The molecule has 10 aromatic rings. The minimum atomic E-state index is -0.330. The van der Waals surface area contributed by atoms with Crippen LogP contribution in [0, 0.1) is 5.41 Å². The minimum absolute atomic E-state index is 0.0281. The van der Waals surface area contributed by atoms with Crippen LogP contribution in [-0.4, -0.2) is 0 Å². The molecule has 0 bridgehead atoms. The van der Waals surface area contributed by atoms with Crippen LogP contribution in [0.5, 0.6) is 0 Å². The number of furan rings is 1. The molecule has 3 unspecified atom stereocenters. The number of rotatable bonds is 8. The van der Waals surface area contributed by atoms with Crippen molar-refractivity contribution in [2.75, 3.05) is 4.90 Å². The highest BCUT2D eigenvalue weighted by Crippen LogP contribution is 2.58. The molecule has 3 aliphatic carbocycles. The van der Waals surface area contributed by atoms with Gasteiger partial charge in [0.2, 0.25) is 0 Å². The average Bonchev–Trinajstić information content (AvgIpc) is 3.91. The van der Waals surface area contributed by atoms with Crippen molar-refractivity contribution in [2.45, 2.75) is 25.2 Å². The molecule has 0 amide bonds. The van der Waals surface area contributed by atoms with E-state index in [-0.39, 0.29) is 16.7 Å². The van der Waals surface area contributed by atoms with E-state index in [1.807, 2.05) is 6.07 Å². The van der Waals surface area contributed by atoms with E-state index in [0.29, 0.717) is 0 Å². The maximum atomic E-state index is 6.49. The number of nitrogens with zero attached hydrogens (tertiary/aromatic N) is 1. The molecule has 2 heteroatoms. The Morgan fingerprint density at radius 1 is 0.449 bits per heavy atom. The number of para-hydroxylation sites is 3. The van der Waals surface area contributed by atoms with Crippen LogP contribution in [0.3, 0.4) is 0 Å². The molecule has 13 rings (SSSR count). The first-order valence-corrected chi connectivity index (χ1v) is 24.1. The van der Waals surface area contributed by atoms with Gasteiger partial charge in [0, 0.05) is 44.5 Å². The molecule has 69 heavy (non-hydrogen) atoms. The molecule has 0 saturated heterocycles. The molecule has 0 N–H and O–H groups in total. The van der Waals surface area contributed by atoms with Gasteiger partial charge in [0.1, 0.15) is 11.2 Å². The predicted octanol–water partition coefficient (Wildman–Crippen LogP) is 18.0. The molecule has 0 saturated carbocycles. The largest absolute Gasteiger partial charge is 0.456 e. The maximum absolute atomic E-state index is 6.49. The fraction of sp³-hybridized carbons (Fsp3) is 0.0746. The summed E-state index contributed by atoms with van der Waals surface area (Å²) in [7, 11) is 0.